The fourth-order valence-corrected chi connectivity index (χ4v) is 1.67. The zero-order valence-electron chi connectivity index (χ0n) is 12.6. The molecule has 0 aromatic carbocycles. The molecule has 0 spiro atoms. The number of carbonyl (C=O) groups is 2. The summed E-state index contributed by atoms with van der Waals surface area (Å²) in [5.41, 5.74) is -0.0862. The topological polar surface area (TPSA) is 99.0 Å². The van der Waals surface area contributed by atoms with Crippen LogP contribution in [-0.4, -0.2) is 37.7 Å². The Bertz CT molecular complexity index is 631. The molecule has 0 bridgehead atoms. The second-order valence-electron chi connectivity index (χ2n) is 5.55. The molecule has 1 unspecified atom stereocenters. The molecule has 1 atom stereocenters. The first-order valence-corrected chi connectivity index (χ1v) is 6.65. The molecule has 0 saturated carbocycles. The van der Waals surface area contributed by atoms with Gasteiger partial charge in [0.1, 0.15) is 30.6 Å². The molecule has 22 heavy (non-hydrogen) atoms. The van der Waals surface area contributed by atoms with E-state index in [1.165, 1.54) is 23.5 Å². The molecule has 0 saturated heterocycles. The van der Waals surface area contributed by atoms with Crippen LogP contribution in [0.3, 0.4) is 0 Å². The van der Waals surface area contributed by atoms with Crippen LogP contribution in [0.1, 0.15) is 32.4 Å². The maximum atomic E-state index is 11.7. The summed E-state index contributed by atoms with van der Waals surface area (Å²) in [4.78, 5) is 30.9. The number of hydrogen-bond acceptors (Lipinski definition) is 6. The fourth-order valence-electron chi connectivity index (χ4n) is 1.67. The Kier molecular flexibility index (Phi) is 4.50. The summed E-state index contributed by atoms with van der Waals surface area (Å²) in [6.45, 7) is 5.24. The number of amides is 1. The monoisotopic (exact) mass is 303 g/mol. The van der Waals surface area contributed by atoms with Crippen molar-refractivity contribution in [1.29, 1.82) is 0 Å². The number of nitrogens with zero attached hydrogens (tertiary/aromatic N) is 4. The number of aromatic nitrogens is 4. The quantitative estimate of drug-likeness (QED) is 0.858. The molecule has 2 aromatic rings. The van der Waals surface area contributed by atoms with Crippen LogP contribution < -0.4 is 5.32 Å². The van der Waals surface area contributed by atoms with Crippen LogP contribution >= 0.6 is 0 Å². The van der Waals surface area contributed by atoms with Crippen molar-refractivity contribution < 1.29 is 14.3 Å². The minimum absolute atomic E-state index is 0.546. The Labute approximate surface area is 127 Å². The summed E-state index contributed by atoms with van der Waals surface area (Å²) in [5, 5.41) is 6.44. The molecule has 2 aromatic heterocycles. The van der Waals surface area contributed by atoms with Crippen LogP contribution in [0.5, 0.6) is 0 Å². The first-order valence-electron chi connectivity index (χ1n) is 6.65. The largest absolute Gasteiger partial charge is 0.444 e. The lowest BCUT2D eigenvalue weighted by Crippen LogP contribution is -2.35. The third-order valence-electron chi connectivity index (χ3n) is 2.59. The van der Waals surface area contributed by atoms with Crippen molar-refractivity contribution in [3.8, 4) is 5.82 Å². The number of ether oxygens (including phenoxy) is 1. The van der Waals surface area contributed by atoms with Gasteiger partial charge in [0.15, 0.2) is 5.82 Å². The predicted molar refractivity (Wildman–Crippen MR) is 77.3 cm³/mol. The zero-order valence-corrected chi connectivity index (χ0v) is 12.6. The van der Waals surface area contributed by atoms with Crippen LogP contribution in [0.25, 0.3) is 5.82 Å². The van der Waals surface area contributed by atoms with E-state index in [2.05, 4.69) is 20.4 Å². The highest BCUT2D eigenvalue weighted by Gasteiger charge is 2.20. The number of nitrogens with one attached hydrogen (secondary N) is 1. The van der Waals surface area contributed by atoms with Gasteiger partial charge in [-0.25, -0.2) is 19.4 Å². The fraction of sp³-hybridized carbons (Fsp3) is 0.357. The Balaban J connectivity index is 2.08. The summed E-state index contributed by atoms with van der Waals surface area (Å²) in [7, 11) is 0. The molecule has 2 heterocycles. The van der Waals surface area contributed by atoms with E-state index in [9.17, 15) is 9.59 Å². The maximum Gasteiger partial charge on any atom is 0.408 e. The summed E-state index contributed by atoms with van der Waals surface area (Å²) in [6.07, 6.45) is 4.36. The van der Waals surface area contributed by atoms with Gasteiger partial charge < -0.3 is 14.8 Å². The van der Waals surface area contributed by atoms with Crippen molar-refractivity contribution in [3.63, 3.8) is 0 Å². The van der Waals surface area contributed by atoms with Gasteiger partial charge in [-0.1, -0.05) is 6.07 Å². The molecule has 1 amide bonds. The predicted octanol–water partition coefficient (Wildman–Crippen LogP) is 1.43. The smallest absolute Gasteiger partial charge is 0.408 e. The van der Waals surface area contributed by atoms with Crippen molar-refractivity contribution in [2.24, 2.45) is 0 Å². The highest BCUT2D eigenvalue weighted by atomic mass is 16.6. The third kappa shape index (κ3) is 4.11. The maximum absolute atomic E-state index is 11.7. The van der Waals surface area contributed by atoms with Gasteiger partial charge >= 0.3 is 6.09 Å². The van der Waals surface area contributed by atoms with Crippen molar-refractivity contribution in [2.45, 2.75) is 32.4 Å². The second kappa shape index (κ2) is 6.33. The molecule has 116 valence electrons. The number of pyridine rings is 1. The van der Waals surface area contributed by atoms with Crippen molar-refractivity contribution in [2.75, 3.05) is 0 Å². The van der Waals surface area contributed by atoms with E-state index in [4.69, 9.17) is 4.74 Å². The molecular formula is C14H17N5O3. The summed E-state index contributed by atoms with van der Waals surface area (Å²) in [5.74, 6) is 0.558. The molecule has 1 N–H and O–H groups in total. The number of alkyl carbamates (subject to hydrolysis) is 1. The molecule has 8 nitrogen and oxygen atoms in total. The molecule has 8 heteroatoms. The van der Waals surface area contributed by atoms with E-state index in [0.717, 1.165) is 0 Å². The van der Waals surface area contributed by atoms with E-state index in [-0.39, 0.29) is 0 Å². The van der Waals surface area contributed by atoms with Crippen molar-refractivity contribution in [3.05, 3.63) is 36.5 Å². The van der Waals surface area contributed by atoms with Crippen LogP contribution in [0, 0.1) is 0 Å². The third-order valence-corrected chi connectivity index (χ3v) is 2.59. The zero-order chi connectivity index (χ0) is 16.2. The summed E-state index contributed by atoms with van der Waals surface area (Å²) in [6, 6.07) is 2.53. The van der Waals surface area contributed by atoms with Gasteiger partial charge in [-0.3, -0.25) is 0 Å². The van der Waals surface area contributed by atoms with Crippen LogP contribution in [0.15, 0.2) is 31.0 Å². The van der Waals surface area contributed by atoms with Gasteiger partial charge in [0.2, 0.25) is 0 Å². The number of rotatable bonds is 4. The SMILES string of the molecule is CC(C)(C)OC(=O)NC(C=O)c1ccc(-n2cncn2)nc1. The lowest BCUT2D eigenvalue weighted by Gasteiger charge is -2.21. The molecule has 0 fully saturated rings. The minimum Gasteiger partial charge on any atom is -0.444 e. The molecule has 0 aliphatic carbocycles. The highest BCUT2D eigenvalue weighted by Crippen LogP contribution is 2.13. The van der Waals surface area contributed by atoms with E-state index < -0.39 is 17.7 Å². The molecule has 2 rings (SSSR count). The lowest BCUT2D eigenvalue weighted by molar-refractivity contribution is -0.109. The van der Waals surface area contributed by atoms with Crippen LogP contribution in [-0.2, 0) is 9.53 Å². The average molecular weight is 303 g/mol. The lowest BCUT2D eigenvalue weighted by atomic mass is 10.1. The second-order valence-corrected chi connectivity index (χ2v) is 5.55. The number of carbonyl (C=O) groups excluding carboxylic acids is 2. The minimum atomic E-state index is -0.827. The first kappa shape index (κ1) is 15.6. The van der Waals surface area contributed by atoms with E-state index in [1.807, 2.05) is 0 Å². The van der Waals surface area contributed by atoms with Gasteiger partial charge in [-0.05, 0) is 26.8 Å². The standard InChI is InChI=1S/C14H17N5O3/c1-14(2,3)22-13(21)18-11(7-20)10-4-5-12(16-6-10)19-9-15-8-17-19/h4-9,11H,1-3H3,(H,18,21). The van der Waals surface area contributed by atoms with Gasteiger partial charge in [0.25, 0.3) is 0 Å². The molecular weight excluding hydrogens is 286 g/mol. The van der Waals surface area contributed by atoms with Crippen LogP contribution in [0.4, 0.5) is 4.79 Å². The van der Waals surface area contributed by atoms with Gasteiger partial charge in [-0.2, -0.15) is 5.10 Å². The van der Waals surface area contributed by atoms with Crippen LogP contribution in [0.2, 0.25) is 0 Å². The van der Waals surface area contributed by atoms with Gasteiger partial charge in [0, 0.05) is 11.8 Å². The van der Waals surface area contributed by atoms with E-state index in [0.29, 0.717) is 17.7 Å². The summed E-state index contributed by atoms with van der Waals surface area (Å²) >= 11 is 0. The Morgan fingerprint density at radius 1 is 1.41 bits per heavy atom. The Morgan fingerprint density at radius 2 is 2.18 bits per heavy atom. The normalized spacial score (nSPS) is 12.5. The molecule has 0 aliphatic rings. The summed E-state index contributed by atoms with van der Waals surface area (Å²) < 4.78 is 6.61. The average Bonchev–Trinajstić information content (AvgIpc) is 2.97. The Hall–Kier alpha value is -2.77. The van der Waals surface area contributed by atoms with Crippen molar-refractivity contribution in [1.82, 2.24) is 25.1 Å². The number of hydrogen-bond donors (Lipinski definition) is 1. The first-order chi connectivity index (χ1) is 10.4. The van der Waals surface area contributed by atoms with E-state index >= 15 is 0 Å². The van der Waals surface area contributed by atoms with Gasteiger partial charge in [0.05, 0.1) is 0 Å². The van der Waals surface area contributed by atoms with E-state index in [1.54, 1.807) is 32.9 Å². The highest BCUT2D eigenvalue weighted by molar-refractivity contribution is 5.74. The molecule has 0 radical (unpaired) electrons. The molecule has 0 aliphatic heterocycles. The number of aldehydes is 1. The van der Waals surface area contributed by atoms with Crippen molar-refractivity contribution >= 4 is 12.4 Å². The van der Waals surface area contributed by atoms with Gasteiger partial charge in [-0.15, -0.1) is 0 Å². The Morgan fingerprint density at radius 3 is 2.68 bits per heavy atom.